The molecule has 0 unspecified atom stereocenters. The predicted octanol–water partition coefficient (Wildman–Crippen LogP) is 3.32. The number of hydrogen-bond donors (Lipinski definition) is 0. The van der Waals surface area contributed by atoms with Gasteiger partial charge in [0.1, 0.15) is 11.4 Å². The fourth-order valence-corrected chi connectivity index (χ4v) is 0.926. The Balaban J connectivity index is 2.71. The van der Waals surface area contributed by atoms with Gasteiger partial charge in [-0.25, -0.2) is 0 Å². The fourth-order valence-electron chi connectivity index (χ4n) is 0.809. The van der Waals surface area contributed by atoms with E-state index >= 15 is 0 Å². The van der Waals surface area contributed by atoms with Crippen molar-refractivity contribution in [3.63, 3.8) is 0 Å². The summed E-state index contributed by atoms with van der Waals surface area (Å²) in [6.45, 7) is 6.00. The Morgan fingerprint density at radius 3 is 2.42 bits per heavy atom. The third-order valence-corrected chi connectivity index (χ3v) is 1.41. The third-order valence-electron chi connectivity index (χ3n) is 1.17. The first kappa shape index (κ1) is 9.40. The molecule has 0 heterocycles. The van der Waals surface area contributed by atoms with Crippen LogP contribution in [0.2, 0.25) is 5.02 Å². The molecule has 2 heteroatoms. The second-order valence-corrected chi connectivity index (χ2v) is 3.99. The molecule has 0 aliphatic rings. The summed E-state index contributed by atoms with van der Waals surface area (Å²) < 4.78 is 5.57. The molecule has 0 aliphatic heterocycles. The second-order valence-electron chi connectivity index (χ2n) is 3.59. The predicted molar refractivity (Wildman–Crippen MR) is 50.7 cm³/mol. The molecule has 0 aliphatic carbocycles. The van der Waals surface area contributed by atoms with Crippen LogP contribution in [0.25, 0.3) is 0 Å². The van der Waals surface area contributed by atoms with Crippen molar-refractivity contribution in [1.82, 2.24) is 0 Å². The summed E-state index contributed by atoms with van der Waals surface area (Å²) >= 11 is 5.67. The monoisotopic (exact) mass is 183 g/mol. The van der Waals surface area contributed by atoms with Crippen LogP contribution < -0.4 is 4.74 Å². The van der Waals surface area contributed by atoms with Crippen LogP contribution in [0.5, 0.6) is 5.75 Å². The largest absolute Gasteiger partial charge is 0.488 e. The SMILES string of the molecule is CC(C)(C)Oc1c[c]c(Cl)cc1. The summed E-state index contributed by atoms with van der Waals surface area (Å²) in [5.41, 5.74) is -0.165. The van der Waals surface area contributed by atoms with Gasteiger partial charge in [0, 0.05) is 11.1 Å². The van der Waals surface area contributed by atoms with Crippen LogP contribution in [0.3, 0.4) is 0 Å². The Bertz CT molecular complexity index is 246. The molecule has 0 saturated heterocycles. The molecule has 0 aromatic heterocycles. The number of hydrogen-bond acceptors (Lipinski definition) is 1. The zero-order valence-electron chi connectivity index (χ0n) is 7.52. The minimum absolute atomic E-state index is 0.165. The molecule has 0 saturated carbocycles. The lowest BCUT2D eigenvalue weighted by atomic mass is 10.2. The van der Waals surface area contributed by atoms with Crippen molar-refractivity contribution in [3.05, 3.63) is 29.3 Å². The van der Waals surface area contributed by atoms with E-state index < -0.39 is 0 Å². The van der Waals surface area contributed by atoms with Crippen molar-refractivity contribution in [3.8, 4) is 5.75 Å². The van der Waals surface area contributed by atoms with Gasteiger partial charge < -0.3 is 4.74 Å². The minimum Gasteiger partial charge on any atom is -0.488 e. The van der Waals surface area contributed by atoms with Gasteiger partial charge in [-0.15, -0.1) is 0 Å². The topological polar surface area (TPSA) is 9.23 Å². The number of ether oxygens (including phenoxy) is 1. The van der Waals surface area contributed by atoms with Crippen LogP contribution in [0.1, 0.15) is 20.8 Å². The van der Waals surface area contributed by atoms with Crippen LogP contribution in [0, 0.1) is 6.07 Å². The summed E-state index contributed by atoms with van der Waals surface area (Å²) in [4.78, 5) is 0. The highest BCUT2D eigenvalue weighted by Crippen LogP contribution is 2.19. The van der Waals surface area contributed by atoms with E-state index in [9.17, 15) is 0 Å². The highest BCUT2D eigenvalue weighted by atomic mass is 35.5. The van der Waals surface area contributed by atoms with Gasteiger partial charge in [-0.05, 0) is 39.0 Å². The molecule has 1 nitrogen and oxygen atoms in total. The van der Waals surface area contributed by atoms with E-state index in [1.807, 2.05) is 26.8 Å². The van der Waals surface area contributed by atoms with Gasteiger partial charge in [0.05, 0.1) is 0 Å². The van der Waals surface area contributed by atoms with Gasteiger partial charge in [-0.2, -0.15) is 0 Å². The molecule has 0 spiro atoms. The Kier molecular flexibility index (Phi) is 2.63. The lowest BCUT2D eigenvalue weighted by Crippen LogP contribution is -2.22. The van der Waals surface area contributed by atoms with E-state index in [1.54, 1.807) is 12.1 Å². The Labute approximate surface area is 78.3 Å². The molecule has 12 heavy (non-hydrogen) atoms. The van der Waals surface area contributed by atoms with Crippen LogP contribution in [-0.4, -0.2) is 5.60 Å². The van der Waals surface area contributed by atoms with E-state index in [0.717, 1.165) is 5.75 Å². The fraction of sp³-hybridized carbons (Fsp3) is 0.400. The molecular formula is C10H12ClO. The van der Waals surface area contributed by atoms with E-state index in [-0.39, 0.29) is 5.60 Å². The summed E-state index contributed by atoms with van der Waals surface area (Å²) in [5, 5.41) is 0.608. The minimum atomic E-state index is -0.165. The number of halogens is 1. The maximum absolute atomic E-state index is 5.67. The third kappa shape index (κ3) is 3.14. The molecule has 0 bridgehead atoms. The first-order valence-electron chi connectivity index (χ1n) is 3.84. The van der Waals surface area contributed by atoms with Crippen LogP contribution in [0.15, 0.2) is 18.2 Å². The highest BCUT2D eigenvalue weighted by molar-refractivity contribution is 6.30. The Morgan fingerprint density at radius 1 is 1.33 bits per heavy atom. The van der Waals surface area contributed by atoms with E-state index in [2.05, 4.69) is 6.07 Å². The standard InChI is InChI=1S/C10H12ClO/c1-10(2,3)12-9-6-4-8(11)5-7-9/h4,6-7H,1-3H3. The quantitative estimate of drug-likeness (QED) is 0.649. The van der Waals surface area contributed by atoms with E-state index in [1.165, 1.54) is 0 Å². The van der Waals surface area contributed by atoms with Crippen LogP contribution >= 0.6 is 11.6 Å². The van der Waals surface area contributed by atoms with Crippen molar-refractivity contribution in [1.29, 1.82) is 0 Å². The van der Waals surface area contributed by atoms with Crippen molar-refractivity contribution in [2.45, 2.75) is 26.4 Å². The maximum Gasteiger partial charge on any atom is 0.120 e. The zero-order valence-corrected chi connectivity index (χ0v) is 8.27. The summed E-state index contributed by atoms with van der Waals surface area (Å²) in [6.07, 6.45) is 0. The maximum atomic E-state index is 5.67. The van der Waals surface area contributed by atoms with Crippen molar-refractivity contribution >= 4 is 11.6 Å². The Hall–Kier alpha value is -0.690. The van der Waals surface area contributed by atoms with Gasteiger partial charge in [0.2, 0.25) is 0 Å². The number of benzene rings is 1. The highest BCUT2D eigenvalue weighted by Gasteiger charge is 2.10. The molecule has 0 atom stereocenters. The molecule has 1 aromatic rings. The lowest BCUT2D eigenvalue weighted by Gasteiger charge is -2.20. The second kappa shape index (κ2) is 3.36. The molecule has 0 fully saturated rings. The van der Waals surface area contributed by atoms with E-state index in [4.69, 9.17) is 16.3 Å². The average molecular weight is 184 g/mol. The van der Waals surface area contributed by atoms with Gasteiger partial charge in [0.25, 0.3) is 0 Å². The Morgan fingerprint density at radius 2 is 2.00 bits per heavy atom. The molecule has 0 amide bonds. The van der Waals surface area contributed by atoms with Crippen LogP contribution in [-0.2, 0) is 0 Å². The normalized spacial score (nSPS) is 11.3. The van der Waals surface area contributed by atoms with Gasteiger partial charge in [-0.3, -0.25) is 0 Å². The molecule has 0 N–H and O–H groups in total. The summed E-state index contributed by atoms with van der Waals surface area (Å²) in [7, 11) is 0. The van der Waals surface area contributed by atoms with Gasteiger partial charge >= 0.3 is 0 Å². The first-order chi connectivity index (χ1) is 5.47. The number of rotatable bonds is 1. The zero-order chi connectivity index (χ0) is 9.19. The van der Waals surface area contributed by atoms with Crippen molar-refractivity contribution in [2.24, 2.45) is 0 Å². The van der Waals surface area contributed by atoms with Crippen molar-refractivity contribution in [2.75, 3.05) is 0 Å². The smallest absolute Gasteiger partial charge is 0.120 e. The average Bonchev–Trinajstić information content (AvgIpc) is 1.91. The molecule has 1 aromatic carbocycles. The summed E-state index contributed by atoms with van der Waals surface area (Å²) in [6, 6.07) is 8.21. The van der Waals surface area contributed by atoms with Gasteiger partial charge in [0.15, 0.2) is 0 Å². The van der Waals surface area contributed by atoms with Crippen LogP contribution in [0.4, 0.5) is 0 Å². The van der Waals surface area contributed by atoms with Crippen molar-refractivity contribution < 1.29 is 4.74 Å². The van der Waals surface area contributed by atoms with E-state index in [0.29, 0.717) is 5.02 Å². The molecular weight excluding hydrogens is 172 g/mol. The molecule has 1 rings (SSSR count). The molecule has 1 radical (unpaired) electrons. The molecule has 65 valence electrons. The summed E-state index contributed by atoms with van der Waals surface area (Å²) in [5.74, 6) is 0.798. The van der Waals surface area contributed by atoms with Gasteiger partial charge in [-0.1, -0.05) is 11.6 Å². The first-order valence-corrected chi connectivity index (χ1v) is 4.21. The lowest BCUT2D eigenvalue weighted by molar-refractivity contribution is 0.131.